The second-order valence-electron chi connectivity index (χ2n) is 9.33. The van der Waals surface area contributed by atoms with Crippen LogP contribution in [0.5, 0.6) is 5.75 Å². The summed E-state index contributed by atoms with van der Waals surface area (Å²) in [6, 6.07) is 33.8. The Morgan fingerprint density at radius 1 is 0.703 bits per heavy atom. The minimum absolute atomic E-state index is 0.738. The van der Waals surface area contributed by atoms with Gasteiger partial charge >= 0.3 is 8.16 Å². The zero-order chi connectivity index (χ0) is 25.2. The molecule has 0 aliphatic rings. The smallest absolute Gasteiger partial charge is 0.309 e. The van der Waals surface area contributed by atoms with E-state index in [2.05, 4.69) is 96.5 Å². The lowest BCUT2D eigenvalue weighted by Crippen LogP contribution is -2.20. The van der Waals surface area contributed by atoms with Crippen LogP contribution in [0.25, 0.3) is 43.5 Å². The predicted molar refractivity (Wildman–Crippen MR) is 156 cm³/mol. The molecule has 0 bridgehead atoms. The Kier molecular flexibility index (Phi) is 6.61. The number of fused-ring (bicyclic) bond motifs is 7. The van der Waals surface area contributed by atoms with Crippen molar-refractivity contribution in [2.45, 2.75) is 26.3 Å². The maximum Gasteiger partial charge on any atom is 0.309 e. The molecule has 186 valence electrons. The van der Waals surface area contributed by atoms with E-state index in [-0.39, 0.29) is 0 Å². The van der Waals surface area contributed by atoms with Crippen LogP contribution in [-0.2, 0) is 6.54 Å². The van der Waals surface area contributed by atoms with Crippen molar-refractivity contribution in [2.75, 3.05) is 18.3 Å². The molecule has 0 saturated heterocycles. The van der Waals surface area contributed by atoms with E-state index in [0.717, 1.165) is 53.6 Å². The van der Waals surface area contributed by atoms with E-state index in [9.17, 15) is 0 Å². The number of methoxy groups -OCH3 is 1. The molecule has 0 spiro atoms. The van der Waals surface area contributed by atoms with E-state index < -0.39 is 8.16 Å². The van der Waals surface area contributed by atoms with Crippen LogP contribution >= 0.6 is 8.16 Å². The highest BCUT2D eigenvalue weighted by molar-refractivity contribution is 7.38. The normalized spacial score (nSPS) is 11.6. The van der Waals surface area contributed by atoms with Crippen molar-refractivity contribution in [2.24, 2.45) is 0 Å². The first-order valence-electron chi connectivity index (χ1n) is 12.8. The van der Waals surface area contributed by atoms with Crippen LogP contribution in [0.2, 0.25) is 0 Å². The van der Waals surface area contributed by atoms with E-state index in [1.54, 1.807) is 7.11 Å². The largest absolute Gasteiger partial charge is 0.497 e. The average molecular weight is 508 g/mol. The summed E-state index contributed by atoms with van der Waals surface area (Å²) in [5, 5.41) is 6.94. The summed E-state index contributed by atoms with van der Waals surface area (Å²) in [6.07, 6.45) is 2.17. The number of ether oxygens (including phenoxy) is 1. The molecule has 0 unspecified atom stereocenters. The molecule has 1 heterocycles. The monoisotopic (exact) mass is 507 g/mol. The minimum Gasteiger partial charge on any atom is -0.497 e. The van der Waals surface area contributed by atoms with E-state index in [0.29, 0.717) is 0 Å². The van der Waals surface area contributed by atoms with Gasteiger partial charge in [0.25, 0.3) is 0 Å². The van der Waals surface area contributed by atoms with Crippen LogP contribution < -0.4 is 9.41 Å². The molecule has 6 aromatic rings. The predicted octanol–water partition coefficient (Wildman–Crippen LogP) is 9.54. The Balaban J connectivity index is 1.64. The maximum atomic E-state index is 6.82. The fraction of sp³-hybridized carbons (Fsp3) is 0.188. The van der Waals surface area contributed by atoms with Gasteiger partial charge in [-0.05, 0) is 57.8 Å². The average Bonchev–Trinajstić information content (AvgIpc) is 3.13. The van der Waals surface area contributed by atoms with Crippen LogP contribution in [-0.4, -0.2) is 13.7 Å². The van der Waals surface area contributed by atoms with E-state index in [1.807, 2.05) is 12.1 Å². The molecule has 0 aliphatic heterocycles. The van der Waals surface area contributed by atoms with Crippen molar-refractivity contribution < 1.29 is 13.1 Å². The van der Waals surface area contributed by atoms with Gasteiger partial charge in [-0.25, -0.2) is 0 Å². The molecular weight excluding hydrogens is 477 g/mol. The third-order valence-electron chi connectivity index (χ3n) is 6.91. The van der Waals surface area contributed by atoms with Crippen molar-refractivity contribution in [1.82, 2.24) is 0 Å². The Morgan fingerprint density at radius 3 is 1.81 bits per heavy atom. The Bertz CT molecular complexity index is 1640. The first kappa shape index (κ1) is 23.7. The second kappa shape index (κ2) is 10.3. The molecule has 5 aromatic carbocycles. The highest BCUT2D eigenvalue weighted by atomic mass is 31.1. The van der Waals surface area contributed by atoms with Gasteiger partial charge in [0.2, 0.25) is 0 Å². The van der Waals surface area contributed by atoms with Crippen molar-refractivity contribution in [3.8, 4) is 5.75 Å². The highest BCUT2D eigenvalue weighted by Gasteiger charge is 2.18. The van der Waals surface area contributed by atoms with Gasteiger partial charge in [-0.1, -0.05) is 86.1 Å². The number of unbranched alkanes of at least 4 members (excludes halogenated alkanes) is 1. The van der Waals surface area contributed by atoms with Crippen molar-refractivity contribution >= 4 is 51.6 Å². The topological polar surface area (TPSA) is 38.8 Å². The van der Waals surface area contributed by atoms with Crippen molar-refractivity contribution in [3.63, 3.8) is 0 Å². The Morgan fingerprint density at radius 2 is 1.27 bits per heavy atom. The van der Waals surface area contributed by atoms with Crippen LogP contribution in [0.3, 0.4) is 0 Å². The van der Waals surface area contributed by atoms with Gasteiger partial charge in [0.05, 0.1) is 7.11 Å². The van der Waals surface area contributed by atoms with E-state index >= 15 is 0 Å². The summed E-state index contributed by atoms with van der Waals surface area (Å²) in [4.78, 5) is 0. The second-order valence-corrected chi connectivity index (χ2v) is 10.7. The first-order valence-corrected chi connectivity index (χ1v) is 14.0. The molecule has 0 aliphatic carbocycles. The fourth-order valence-corrected chi connectivity index (χ4v) is 6.47. The summed E-state index contributed by atoms with van der Waals surface area (Å²) in [5.41, 5.74) is 2.95. The summed E-state index contributed by atoms with van der Waals surface area (Å²) < 4.78 is 21.3. The number of rotatable bonds is 7. The molecule has 0 N–H and O–H groups in total. The number of benzene rings is 5. The first-order chi connectivity index (χ1) is 18.2. The lowest BCUT2D eigenvalue weighted by atomic mass is 9.99. The quantitative estimate of drug-likeness (QED) is 0.216. The Hall–Kier alpha value is -3.72. The van der Waals surface area contributed by atoms with Gasteiger partial charge in [0.1, 0.15) is 16.9 Å². The molecule has 0 saturated carbocycles. The highest BCUT2D eigenvalue weighted by Crippen LogP contribution is 2.42. The molecule has 0 amide bonds. The molecule has 1 aromatic heterocycles. The molecule has 5 heteroatoms. The van der Waals surface area contributed by atoms with Gasteiger partial charge in [-0.2, -0.15) is 4.67 Å². The fourth-order valence-electron chi connectivity index (χ4n) is 4.97. The molecular formula is C32H30NO3P. The zero-order valence-electron chi connectivity index (χ0n) is 21.2. The Labute approximate surface area is 217 Å². The molecule has 37 heavy (non-hydrogen) atoms. The van der Waals surface area contributed by atoms with Gasteiger partial charge in [0, 0.05) is 23.9 Å². The van der Waals surface area contributed by atoms with Crippen LogP contribution in [0, 0.1) is 0 Å². The van der Waals surface area contributed by atoms with Gasteiger partial charge < -0.3 is 13.1 Å². The zero-order valence-corrected chi connectivity index (χ0v) is 22.1. The number of nitrogens with zero attached hydrogens (tertiary/aromatic N) is 1. The minimum atomic E-state index is -1.39. The third kappa shape index (κ3) is 4.59. The van der Waals surface area contributed by atoms with Crippen molar-refractivity contribution in [3.05, 3.63) is 103 Å². The van der Waals surface area contributed by atoms with Crippen LogP contribution in [0.15, 0.2) is 105 Å². The maximum absolute atomic E-state index is 6.82. The molecule has 4 nitrogen and oxygen atoms in total. The molecule has 0 radical (unpaired) electrons. The van der Waals surface area contributed by atoms with Crippen molar-refractivity contribution in [1.29, 1.82) is 0 Å². The van der Waals surface area contributed by atoms with E-state index in [1.165, 1.54) is 27.1 Å². The summed E-state index contributed by atoms with van der Waals surface area (Å²) in [7, 11) is 0.305. The molecule has 6 rings (SSSR count). The van der Waals surface area contributed by atoms with Gasteiger partial charge in [-0.15, -0.1) is 0 Å². The standard InChI is InChI=1S/C32H30NO3P/c1-3-4-21-33(22-23-13-17-26(34-2)18-14-23)37-35-29-19-15-24-9-5-7-11-27(24)31(29)32-28-12-8-6-10-25(28)16-20-30(32)36-37/h5-20H,3-4,21-22H2,1-2H3. The summed E-state index contributed by atoms with van der Waals surface area (Å²) in [6.45, 7) is 3.85. The number of hydrogen-bond acceptors (Lipinski definition) is 4. The van der Waals surface area contributed by atoms with Crippen LogP contribution in [0.4, 0.5) is 0 Å². The molecule has 0 fully saturated rings. The lowest BCUT2D eigenvalue weighted by molar-refractivity contribution is 0.414. The SMILES string of the molecule is CCCCN(Cc1ccc(OC)cc1)p1oc2ccc3ccccc3c2c2c(ccc3ccccc32)o1. The van der Waals surface area contributed by atoms with E-state index in [4.69, 9.17) is 13.1 Å². The summed E-state index contributed by atoms with van der Waals surface area (Å²) >= 11 is 0. The molecule has 0 atom stereocenters. The number of hydrogen-bond donors (Lipinski definition) is 0. The van der Waals surface area contributed by atoms with Gasteiger partial charge in [0.15, 0.2) is 0 Å². The van der Waals surface area contributed by atoms with Crippen LogP contribution in [0.1, 0.15) is 25.3 Å². The third-order valence-corrected chi connectivity index (χ3v) is 8.42. The lowest BCUT2D eigenvalue weighted by Gasteiger charge is -2.18. The summed E-state index contributed by atoms with van der Waals surface area (Å²) in [5.74, 6) is 0.859. The van der Waals surface area contributed by atoms with Gasteiger partial charge in [-0.3, -0.25) is 0 Å².